The van der Waals surface area contributed by atoms with Gasteiger partial charge >= 0.3 is 6.18 Å². The number of halogens is 4. The molecule has 1 heterocycles. The molecule has 0 bridgehead atoms. The van der Waals surface area contributed by atoms with E-state index in [1.807, 2.05) is 0 Å². The van der Waals surface area contributed by atoms with Gasteiger partial charge in [0.05, 0.1) is 0 Å². The topological polar surface area (TPSA) is 53.2 Å². The highest BCUT2D eigenvalue weighted by molar-refractivity contribution is 6.18. The van der Waals surface area contributed by atoms with Crippen LogP contribution in [0.5, 0.6) is 0 Å². The Bertz CT molecular complexity index is 513. The molecule has 0 aliphatic carbocycles. The van der Waals surface area contributed by atoms with Crippen molar-refractivity contribution in [3.63, 3.8) is 0 Å². The largest absolute Gasteiger partial charge is 0.406 e. The molecule has 19 heavy (non-hydrogen) atoms. The highest BCUT2D eigenvalue weighted by atomic mass is 35.5. The molecule has 0 radical (unpaired) electrons. The number of aryl methyl sites for hydroxylation is 1. The Balaban J connectivity index is 3.02. The van der Waals surface area contributed by atoms with Crippen molar-refractivity contribution in [3.8, 4) is 0 Å². The predicted octanol–water partition coefficient (Wildman–Crippen LogP) is 1.93. The molecule has 0 saturated carbocycles. The fourth-order valence-corrected chi connectivity index (χ4v) is 1.69. The minimum atomic E-state index is -4.54. The third-order valence-electron chi connectivity index (χ3n) is 2.30. The van der Waals surface area contributed by atoms with Gasteiger partial charge in [0.1, 0.15) is 12.1 Å². The summed E-state index contributed by atoms with van der Waals surface area (Å²) in [6, 6.07) is 1.15. The van der Waals surface area contributed by atoms with Crippen LogP contribution in [-0.2, 0) is 0 Å². The summed E-state index contributed by atoms with van der Waals surface area (Å²) in [6.07, 6.45) is -3.43. The Morgan fingerprint density at radius 2 is 2.11 bits per heavy atom. The highest BCUT2D eigenvalue weighted by Gasteiger charge is 2.33. The zero-order valence-corrected chi connectivity index (χ0v) is 10.8. The Morgan fingerprint density at radius 3 is 2.58 bits per heavy atom. The molecule has 1 aromatic heterocycles. The average molecular weight is 297 g/mol. The van der Waals surface area contributed by atoms with Gasteiger partial charge in [-0.2, -0.15) is 13.2 Å². The number of pyridine rings is 1. The van der Waals surface area contributed by atoms with Crippen LogP contribution in [0.4, 0.5) is 13.2 Å². The molecule has 0 unspecified atom stereocenters. The molecule has 1 N–H and O–H groups in total. The molecule has 1 aromatic rings. The van der Waals surface area contributed by atoms with E-state index in [1.165, 1.54) is 0 Å². The van der Waals surface area contributed by atoms with Gasteiger partial charge < -0.3 is 9.88 Å². The average Bonchev–Trinajstić information content (AvgIpc) is 2.26. The molecule has 0 aliphatic rings. The second-order valence-corrected chi connectivity index (χ2v) is 4.30. The van der Waals surface area contributed by atoms with E-state index in [2.05, 4.69) is 4.98 Å². The first-order valence-electron chi connectivity index (χ1n) is 5.36. The normalized spacial score (nSPS) is 11.4. The van der Waals surface area contributed by atoms with Crippen molar-refractivity contribution in [2.75, 3.05) is 19.0 Å². The van der Waals surface area contributed by atoms with E-state index < -0.39 is 24.1 Å². The lowest BCUT2D eigenvalue weighted by atomic mass is 10.2. The van der Waals surface area contributed by atoms with Crippen LogP contribution >= 0.6 is 11.6 Å². The number of carbonyl (C=O) groups excluding carboxylic acids is 1. The summed E-state index contributed by atoms with van der Waals surface area (Å²) in [5, 5.41) is 0. The number of nitrogens with zero attached hydrogens (tertiary/aromatic N) is 1. The van der Waals surface area contributed by atoms with Gasteiger partial charge in [-0.15, -0.1) is 11.6 Å². The van der Waals surface area contributed by atoms with E-state index in [0.29, 0.717) is 10.6 Å². The number of alkyl halides is 4. The van der Waals surface area contributed by atoms with E-state index in [0.717, 1.165) is 12.3 Å². The molecule has 0 fully saturated rings. The first-order chi connectivity index (χ1) is 8.74. The van der Waals surface area contributed by atoms with Gasteiger partial charge in [-0.05, 0) is 6.92 Å². The molecule has 0 saturated heterocycles. The van der Waals surface area contributed by atoms with Gasteiger partial charge in [-0.3, -0.25) is 9.59 Å². The van der Waals surface area contributed by atoms with Gasteiger partial charge in [0.15, 0.2) is 5.43 Å². The molecular formula is C11H12ClF3N2O2. The third kappa shape index (κ3) is 4.59. The zero-order valence-electron chi connectivity index (χ0n) is 10.1. The number of H-pyrrole nitrogens is 1. The van der Waals surface area contributed by atoms with Crippen LogP contribution in [-0.4, -0.2) is 40.9 Å². The second-order valence-electron chi connectivity index (χ2n) is 3.92. The van der Waals surface area contributed by atoms with E-state index in [9.17, 15) is 22.8 Å². The summed E-state index contributed by atoms with van der Waals surface area (Å²) < 4.78 is 37.0. The van der Waals surface area contributed by atoms with Crippen LogP contribution in [0, 0.1) is 6.92 Å². The lowest BCUT2D eigenvalue weighted by Gasteiger charge is -2.22. The summed E-state index contributed by atoms with van der Waals surface area (Å²) in [5.74, 6) is -1.13. The molecule has 0 aliphatic heterocycles. The van der Waals surface area contributed by atoms with Crippen molar-refractivity contribution in [2.24, 2.45) is 0 Å². The maximum atomic E-state index is 12.3. The van der Waals surface area contributed by atoms with Gasteiger partial charge in [0.25, 0.3) is 5.91 Å². The van der Waals surface area contributed by atoms with Crippen molar-refractivity contribution < 1.29 is 18.0 Å². The van der Waals surface area contributed by atoms with E-state index in [4.69, 9.17) is 11.6 Å². The highest BCUT2D eigenvalue weighted by Crippen LogP contribution is 2.17. The number of carbonyl (C=O) groups is 1. The Morgan fingerprint density at radius 1 is 1.47 bits per heavy atom. The minimum Gasteiger partial charge on any atom is -0.364 e. The fraction of sp³-hybridized carbons (Fsp3) is 0.455. The second kappa shape index (κ2) is 6.10. The van der Waals surface area contributed by atoms with Gasteiger partial charge in [0.2, 0.25) is 0 Å². The maximum absolute atomic E-state index is 12.3. The van der Waals surface area contributed by atoms with Crippen LogP contribution in [0.2, 0.25) is 0 Å². The van der Waals surface area contributed by atoms with Crippen LogP contribution < -0.4 is 5.43 Å². The molecule has 0 aromatic carbocycles. The van der Waals surface area contributed by atoms with Gasteiger partial charge in [-0.25, -0.2) is 0 Å². The Labute approximate surface area is 112 Å². The smallest absolute Gasteiger partial charge is 0.364 e. The predicted molar refractivity (Wildman–Crippen MR) is 64.5 cm³/mol. The molecule has 8 heteroatoms. The number of hydrogen-bond donors (Lipinski definition) is 1. The maximum Gasteiger partial charge on any atom is 0.406 e. The monoisotopic (exact) mass is 296 g/mol. The number of nitrogens with one attached hydrogen (secondary N) is 1. The summed E-state index contributed by atoms with van der Waals surface area (Å²) >= 11 is 5.37. The number of rotatable bonds is 4. The molecule has 1 amide bonds. The van der Waals surface area contributed by atoms with E-state index >= 15 is 0 Å². The Hall–Kier alpha value is -1.50. The van der Waals surface area contributed by atoms with Gasteiger partial charge in [0, 0.05) is 30.4 Å². The fourth-order valence-electron chi connectivity index (χ4n) is 1.48. The first-order valence-corrected chi connectivity index (χ1v) is 5.89. The zero-order chi connectivity index (χ0) is 14.6. The van der Waals surface area contributed by atoms with Crippen LogP contribution in [0.25, 0.3) is 0 Å². The lowest BCUT2D eigenvalue weighted by molar-refractivity contribution is -0.140. The number of aromatic amines is 1. The van der Waals surface area contributed by atoms with Crippen LogP contribution in [0.1, 0.15) is 16.1 Å². The van der Waals surface area contributed by atoms with Crippen LogP contribution in [0.15, 0.2) is 17.1 Å². The minimum absolute atomic E-state index is 0.147. The quantitative estimate of drug-likeness (QED) is 0.863. The molecule has 4 nitrogen and oxygen atoms in total. The Kier molecular flexibility index (Phi) is 4.99. The number of hydrogen-bond acceptors (Lipinski definition) is 2. The lowest BCUT2D eigenvalue weighted by Crippen LogP contribution is -2.41. The molecule has 0 spiro atoms. The van der Waals surface area contributed by atoms with Gasteiger partial charge in [-0.1, -0.05) is 0 Å². The van der Waals surface area contributed by atoms with Crippen molar-refractivity contribution in [3.05, 3.63) is 33.7 Å². The molecule has 106 valence electrons. The van der Waals surface area contributed by atoms with Crippen molar-refractivity contribution in [1.82, 2.24) is 9.88 Å². The number of aromatic nitrogens is 1. The standard InChI is InChI=1S/C11H12ClF3N2O2/c1-7-4-9(18)8(5-16-7)10(19)17(3-2-12)6-11(13,14)15/h4-5H,2-3,6H2,1H3,(H,16,18). The molecule has 1 rings (SSSR count). The number of amides is 1. The van der Waals surface area contributed by atoms with Crippen LogP contribution in [0.3, 0.4) is 0 Å². The van der Waals surface area contributed by atoms with E-state index in [1.54, 1.807) is 6.92 Å². The summed E-state index contributed by atoms with van der Waals surface area (Å²) in [4.78, 5) is 26.6. The summed E-state index contributed by atoms with van der Waals surface area (Å²) in [6.45, 7) is -0.124. The third-order valence-corrected chi connectivity index (χ3v) is 2.47. The summed E-state index contributed by atoms with van der Waals surface area (Å²) in [5.41, 5.74) is -0.441. The van der Waals surface area contributed by atoms with Crippen molar-refractivity contribution >= 4 is 17.5 Å². The molecular weight excluding hydrogens is 285 g/mol. The van der Waals surface area contributed by atoms with Crippen molar-refractivity contribution in [2.45, 2.75) is 13.1 Å². The SMILES string of the molecule is Cc1cc(=O)c(C(=O)N(CCCl)CC(F)(F)F)c[nH]1. The van der Waals surface area contributed by atoms with E-state index in [-0.39, 0.29) is 18.0 Å². The van der Waals surface area contributed by atoms with Crippen molar-refractivity contribution in [1.29, 1.82) is 0 Å². The summed E-state index contributed by atoms with van der Waals surface area (Å²) in [7, 11) is 0. The first kappa shape index (κ1) is 15.6. The molecule has 0 atom stereocenters.